The largest absolute Gasteiger partial charge is 0.478 e. The van der Waals surface area contributed by atoms with Crippen molar-refractivity contribution >= 4 is 23.5 Å². The van der Waals surface area contributed by atoms with Crippen LogP contribution in [-0.4, -0.2) is 27.1 Å². The number of benzene rings is 2. The molecule has 7 nitrogen and oxygen atoms in total. The van der Waals surface area contributed by atoms with E-state index in [0.29, 0.717) is 16.4 Å². The predicted octanol–water partition coefficient (Wildman–Crippen LogP) is 2.95. The number of carboxylic acids is 1. The van der Waals surface area contributed by atoms with Crippen LogP contribution in [0.15, 0.2) is 53.1 Å². The lowest BCUT2D eigenvalue weighted by molar-refractivity contribution is -0.120. The fourth-order valence-corrected chi connectivity index (χ4v) is 2.46. The molecule has 1 heterocycles. The van der Waals surface area contributed by atoms with E-state index in [1.807, 2.05) is 0 Å². The molecule has 26 heavy (non-hydrogen) atoms. The third-order valence-corrected chi connectivity index (χ3v) is 3.86. The van der Waals surface area contributed by atoms with Gasteiger partial charge in [0.2, 0.25) is 17.6 Å². The Morgan fingerprint density at radius 1 is 1.12 bits per heavy atom. The molecule has 2 N–H and O–H groups in total. The minimum absolute atomic E-state index is 0.0503. The van der Waals surface area contributed by atoms with Crippen LogP contribution in [0, 0.1) is 0 Å². The van der Waals surface area contributed by atoms with E-state index in [1.54, 1.807) is 42.5 Å². The fraction of sp³-hybridized carbons (Fsp3) is 0.111. The smallest absolute Gasteiger partial charge is 0.335 e. The van der Waals surface area contributed by atoms with Crippen molar-refractivity contribution in [1.29, 1.82) is 0 Å². The second-order valence-electron chi connectivity index (χ2n) is 5.43. The lowest BCUT2D eigenvalue weighted by atomic mass is 10.0. The molecule has 0 bridgehead atoms. The summed E-state index contributed by atoms with van der Waals surface area (Å²) in [5.74, 6) is -0.778. The normalized spacial score (nSPS) is 10.5. The number of carboxylic acid groups (broad SMARTS) is 1. The average Bonchev–Trinajstić information content (AvgIpc) is 3.10. The number of aromatic carboxylic acids is 1. The van der Waals surface area contributed by atoms with Crippen LogP contribution in [0.2, 0.25) is 5.02 Å². The highest BCUT2D eigenvalue weighted by molar-refractivity contribution is 6.30. The van der Waals surface area contributed by atoms with Gasteiger partial charge in [-0.1, -0.05) is 35.0 Å². The molecule has 3 aromatic rings. The predicted molar refractivity (Wildman–Crippen MR) is 93.7 cm³/mol. The van der Waals surface area contributed by atoms with Gasteiger partial charge in [-0.05, 0) is 35.9 Å². The van der Waals surface area contributed by atoms with E-state index in [0.717, 1.165) is 5.56 Å². The summed E-state index contributed by atoms with van der Waals surface area (Å²) in [7, 11) is 0. The number of rotatable bonds is 6. The van der Waals surface area contributed by atoms with Crippen molar-refractivity contribution in [3.63, 3.8) is 0 Å². The van der Waals surface area contributed by atoms with Gasteiger partial charge in [0.25, 0.3) is 0 Å². The van der Waals surface area contributed by atoms with Gasteiger partial charge >= 0.3 is 5.97 Å². The Bertz CT molecular complexity index is 938. The van der Waals surface area contributed by atoms with Crippen LogP contribution in [-0.2, 0) is 17.8 Å². The summed E-state index contributed by atoms with van der Waals surface area (Å²) in [6.45, 7) is 0.0503. The number of aromatic nitrogens is 2. The summed E-state index contributed by atoms with van der Waals surface area (Å²) in [5, 5.41) is 16.2. The molecule has 0 saturated carbocycles. The molecule has 0 spiro atoms. The molecule has 8 heteroatoms. The SMILES string of the molecule is O=C(Cc1ccccc1C(=O)O)NCc1nc(-c2ccc(Cl)cc2)no1. The first-order chi connectivity index (χ1) is 12.5. The first kappa shape index (κ1) is 17.6. The highest BCUT2D eigenvalue weighted by Crippen LogP contribution is 2.18. The Morgan fingerprint density at radius 3 is 2.58 bits per heavy atom. The molecule has 1 aromatic heterocycles. The number of nitrogens with zero attached hydrogens (tertiary/aromatic N) is 2. The van der Waals surface area contributed by atoms with E-state index in [4.69, 9.17) is 21.2 Å². The van der Waals surface area contributed by atoms with Crippen LogP contribution in [0.4, 0.5) is 0 Å². The summed E-state index contributed by atoms with van der Waals surface area (Å²) in [5.41, 5.74) is 1.28. The van der Waals surface area contributed by atoms with E-state index in [9.17, 15) is 9.59 Å². The molecule has 0 radical (unpaired) electrons. The van der Waals surface area contributed by atoms with Gasteiger partial charge in [-0.3, -0.25) is 4.79 Å². The molecule has 0 aliphatic carbocycles. The molecule has 0 saturated heterocycles. The number of hydrogen-bond acceptors (Lipinski definition) is 5. The topological polar surface area (TPSA) is 105 Å². The Morgan fingerprint density at radius 2 is 1.85 bits per heavy atom. The van der Waals surface area contributed by atoms with Crippen molar-refractivity contribution in [3.05, 3.63) is 70.6 Å². The number of halogens is 1. The molecule has 2 aromatic carbocycles. The van der Waals surface area contributed by atoms with Crippen LogP contribution in [0.5, 0.6) is 0 Å². The average molecular weight is 372 g/mol. The Balaban J connectivity index is 1.60. The third-order valence-electron chi connectivity index (χ3n) is 3.61. The van der Waals surface area contributed by atoms with Crippen molar-refractivity contribution < 1.29 is 19.2 Å². The Kier molecular flexibility index (Phi) is 5.28. The summed E-state index contributed by atoms with van der Waals surface area (Å²) >= 11 is 5.84. The van der Waals surface area contributed by atoms with Crippen LogP contribution in [0.3, 0.4) is 0 Å². The molecular formula is C18H14ClN3O4. The Labute approximate surface area is 153 Å². The maximum atomic E-state index is 12.1. The maximum Gasteiger partial charge on any atom is 0.335 e. The minimum Gasteiger partial charge on any atom is -0.478 e. The van der Waals surface area contributed by atoms with Gasteiger partial charge < -0.3 is 14.9 Å². The standard InChI is InChI=1S/C18H14ClN3O4/c19-13-7-5-11(6-8-13)17-21-16(26-22-17)10-20-15(23)9-12-3-1-2-4-14(12)18(24)25/h1-8H,9-10H2,(H,20,23)(H,24,25). The van der Waals surface area contributed by atoms with Gasteiger partial charge in [0.15, 0.2) is 0 Å². The molecule has 132 valence electrons. The zero-order valence-electron chi connectivity index (χ0n) is 13.5. The zero-order valence-corrected chi connectivity index (χ0v) is 14.2. The molecule has 1 amide bonds. The second-order valence-corrected chi connectivity index (χ2v) is 5.87. The van der Waals surface area contributed by atoms with Crippen LogP contribution in [0.1, 0.15) is 21.8 Å². The zero-order chi connectivity index (χ0) is 18.5. The molecule has 3 rings (SSSR count). The summed E-state index contributed by atoms with van der Waals surface area (Å²) < 4.78 is 5.11. The summed E-state index contributed by atoms with van der Waals surface area (Å²) in [6.07, 6.45) is -0.0549. The highest BCUT2D eigenvalue weighted by atomic mass is 35.5. The first-order valence-corrected chi connectivity index (χ1v) is 8.07. The van der Waals surface area contributed by atoms with E-state index in [2.05, 4.69) is 15.5 Å². The molecule has 0 fully saturated rings. The fourth-order valence-electron chi connectivity index (χ4n) is 2.34. The van der Waals surface area contributed by atoms with Crippen molar-refractivity contribution in [2.45, 2.75) is 13.0 Å². The van der Waals surface area contributed by atoms with Crippen LogP contribution >= 0.6 is 11.6 Å². The number of amides is 1. The molecule has 0 unspecified atom stereocenters. The summed E-state index contributed by atoms with van der Waals surface area (Å²) in [6, 6.07) is 13.3. The Hall–Kier alpha value is -3.19. The summed E-state index contributed by atoms with van der Waals surface area (Å²) in [4.78, 5) is 27.4. The minimum atomic E-state index is -1.07. The van der Waals surface area contributed by atoms with Gasteiger partial charge in [-0.25, -0.2) is 4.79 Å². The number of nitrogens with one attached hydrogen (secondary N) is 1. The molecule has 0 aliphatic heterocycles. The van der Waals surface area contributed by atoms with Crippen molar-refractivity contribution in [2.24, 2.45) is 0 Å². The number of hydrogen-bond donors (Lipinski definition) is 2. The van der Waals surface area contributed by atoms with E-state index in [-0.39, 0.29) is 30.3 Å². The van der Waals surface area contributed by atoms with Crippen LogP contribution < -0.4 is 5.32 Å². The molecule has 0 atom stereocenters. The molecule has 0 aliphatic rings. The monoisotopic (exact) mass is 371 g/mol. The van der Waals surface area contributed by atoms with Crippen LogP contribution in [0.25, 0.3) is 11.4 Å². The van der Waals surface area contributed by atoms with E-state index in [1.165, 1.54) is 6.07 Å². The molecular weight excluding hydrogens is 358 g/mol. The number of carbonyl (C=O) groups excluding carboxylic acids is 1. The maximum absolute atomic E-state index is 12.1. The lowest BCUT2D eigenvalue weighted by Gasteiger charge is -2.05. The number of carbonyl (C=O) groups is 2. The quantitative estimate of drug-likeness (QED) is 0.690. The van der Waals surface area contributed by atoms with Gasteiger partial charge in [0.05, 0.1) is 18.5 Å². The first-order valence-electron chi connectivity index (χ1n) is 7.69. The second kappa shape index (κ2) is 7.79. The van der Waals surface area contributed by atoms with Gasteiger partial charge in [-0.2, -0.15) is 4.98 Å². The van der Waals surface area contributed by atoms with Crippen molar-refractivity contribution in [1.82, 2.24) is 15.5 Å². The highest BCUT2D eigenvalue weighted by Gasteiger charge is 2.14. The van der Waals surface area contributed by atoms with Crippen molar-refractivity contribution in [3.8, 4) is 11.4 Å². The van der Waals surface area contributed by atoms with Crippen molar-refractivity contribution in [2.75, 3.05) is 0 Å². The van der Waals surface area contributed by atoms with E-state index >= 15 is 0 Å². The van der Waals surface area contributed by atoms with Gasteiger partial charge in [0, 0.05) is 10.6 Å². The third kappa shape index (κ3) is 4.25. The van der Waals surface area contributed by atoms with E-state index < -0.39 is 5.97 Å². The van der Waals surface area contributed by atoms with Gasteiger partial charge in [0.1, 0.15) is 0 Å². The van der Waals surface area contributed by atoms with Gasteiger partial charge in [-0.15, -0.1) is 0 Å². The lowest BCUT2D eigenvalue weighted by Crippen LogP contribution is -2.25.